The number of hydrogen-bond acceptors (Lipinski definition) is 3. The highest BCUT2D eigenvalue weighted by molar-refractivity contribution is 6.49. The molecule has 0 saturated heterocycles. The molecule has 4 nitrogen and oxygen atoms in total. The van der Waals surface area contributed by atoms with E-state index in [4.69, 9.17) is 34.8 Å². The average Bonchev–Trinajstić information content (AvgIpc) is 2.34. The summed E-state index contributed by atoms with van der Waals surface area (Å²) in [5.41, 5.74) is 3.31. The number of halogens is 3. The molecule has 0 saturated carbocycles. The first kappa shape index (κ1) is 15.1. The largest absolute Gasteiger partial charge is 0.449 e. The Labute approximate surface area is 120 Å². The second-order valence-corrected chi connectivity index (χ2v) is 4.42. The van der Waals surface area contributed by atoms with Gasteiger partial charge in [-0.25, -0.2) is 10.2 Å². The summed E-state index contributed by atoms with van der Waals surface area (Å²) in [5, 5.41) is 4.75. The Balaban J connectivity index is 2.90. The maximum atomic E-state index is 11.1. The molecule has 1 amide bonds. The Morgan fingerprint density at radius 3 is 2.61 bits per heavy atom. The highest BCUT2D eigenvalue weighted by atomic mass is 35.5. The molecule has 1 aromatic carbocycles. The summed E-state index contributed by atoms with van der Waals surface area (Å²) < 4.78 is 4.66. The van der Waals surface area contributed by atoms with Crippen molar-refractivity contribution in [3.05, 3.63) is 32.8 Å². The normalized spacial score (nSPS) is 11.3. The van der Waals surface area contributed by atoms with Crippen LogP contribution in [0.1, 0.15) is 19.4 Å². The van der Waals surface area contributed by atoms with Crippen molar-refractivity contribution in [2.75, 3.05) is 6.61 Å². The Morgan fingerprint density at radius 2 is 2.00 bits per heavy atom. The Morgan fingerprint density at radius 1 is 1.33 bits per heavy atom. The zero-order chi connectivity index (χ0) is 13.7. The molecular formula is C11H11Cl3N2O2. The lowest BCUT2D eigenvalue weighted by atomic mass is 10.1. The fourth-order valence-electron chi connectivity index (χ4n) is 1.16. The molecular weight excluding hydrogens is 298 g/mol. The lowest BCUT2D eigenvalue weighted by Crippen LogP contribution is -2.20. The van der Waals surface area contributed by atoms with Crippen LogP contribution < -0.4 is 5.43 Å². The summed E-state index contributed by atoms with van der Waals surface area (Å²) >= 11 is 17.8. The molecule has 0 aliphatic carbocycles. The van der Waals surface area contributed by atoms with Crippen LogP contribution in [0.15, 0.2) is 17.2 Å². The van der Waals surface area contributed by atoms with Crippen molar-refractivity contribution in [1.29, 1.82) is 0 Å². The number of hydrazone groups is 1. The third-order valence-corrected chi connectivity index (χ3v) is 3.31. The summed E-state index contributed by atoms with van der Waals surface area (Å²) in [7, 11) is 0. The molecule has 1 aromatic rings. The number of carbonyl (C=O) groups is 1. The van der Waals surface area contributed by atoms with E-state index in [-0.39, 0.29) is 16.7 Å². The zero-order valence-corrected chi connectivity index (χ0v) is 12.0. The highest BCUT2D eigenvalue weighted by Crippen LogP contribution is 2.32. The van der Waals surface area contributed by atoms with Crippen molar-refractivity contribution >= 4 is 46.6 Å². The molecule has 98 valence electrons. The van der Waals surface area contributed by atoms with Crippen LogP contribution in [0.5, 0.6) is 0 Å². The first-order chi connectivity index (χ1) is 8.47. The van der Waals surface area contributed by atoms with Gasteiger partial charge in [-0.2, -0.15) is 5.10 Å². The van der Waals surface area contributed by atoms with Gasteiger partial charge in [0, 0.05) is 5.56 Å². The molecule has 0 fully saturated rings. The molecule has 0 radical (unpaired) electrons. The topological polar surface area (TPSA) is 50.7 Å². The predicted molar refractivity (Wildman–Crippen MR) is 73.8 cm³/mol. The number of ether oxygens (including phenoxy) is 1. The van der Waals surface area contributed by atoms with Crippen molar-refractivity contribution < 1.29 is 9.53 Å². The minimum atomic E-state index is -0.631. The molecule has 0 unspecified atom stereocenters. The first-order valence-electron chi connectivity index (χ1n) is 5.08. The Hall–Kier alpha value is -0.970. The molecule has 0 atom stereocenters. The Bertz CT molecular complexity index is 489. The van der Waals surface area contributed by atoms with Crippen LogP contribution in [-0.4, -0.2) is 18.4 Å². The van der Waals surface area contributed by atoms with Crippen molar-refractivity contribution in [2.24, 2.45) is 5.10 Å². The van der Waals surface area contributed by atoms with Gasteiger partial charge in [-0.1, -0.05) is 40.9 Å². The molecule has 0 aliphatic rings. The number of rotatable bonds is 3. The lowest BCUT2D eigenvalue weighted by molar-refractivity contribution is 0.152. The van der Waals surface area contributed by atoms with Gasteiger partial charge in [0.2, 0.25) is 0 Å². The summed E-state index contributed by atoms with van der Waals surface area (Å²) in [6.45, 7) is 3.65. The van der Waals surface area contributed by atoms with E-state index in [1.807, 2.05) is 0 Å². The second-order valence-electron chi connectivity index (χ2n) is 3.25. The summed E-state index contributed by atoms with van der Waals surface area (Å²) in [6.07, 6.45) is -0.631. The van der Waals surface area contributed by atoms with E-state index in [1.165, 1.54) is 0 Å². The van der Waals surface area contributed by atoms with Gasteiger partial charge in [-0.05, 0) is 19.9 Å². The molecule has 0 bridgehead atoms. The quantitative estimate of drug-likeness (QED) is 0.519. The van der Waals surface area contributed by atoms with Crippen LogP contribution in [0, 0.1) is 0 Å². The molecule has 1 N–H and O–H groups in total. The fraction of sp³-hybridized carbons (Fsp3) is 0.273. The fourth-order valence-corrected chi connectivity index (χ4v) is 1.83. The van der Waals surface area contributed by atoms with Crippen LogP contribution in [0.4, 0.5) is 4.79 Å². The third kappa shape index (κ3) is 3.77. The second kappa shape index (κ2) is 6.83. The minimum absolute atomic E-state index is 0.251. The van der Waals surface area contributed by atoms with Crippen molar-refractivity contribution in [2.45, 2.75) is 13.8 Å². The zero-order valence-electron chi connectivity index (χ0n) is 9.76. The number of nitrogens with one attached hydrogen (secondary N) is 1. The Kier molecular flexibility index (Phi) is 5.72. The summed E-state index contributed by atoms with van der Waals surface area (Å²) in [5.74, 6) is 0. The number of benzene rings is 1. The van der Waals surface area contributed by atoms with E-state index in [0.29, 0.717) is 16.3 Å². The predicted octanol–water partition coefficient (Wildman–Crippen LogP) is 4.12. The van der Waals surface area contributed by atoms with Crippen molar-refractivity contribution in [1.82, 2.24) is 5.43 Å². The van der Waals surface area contributed by atoms with Gasteiger partial charge in [0.25, 0.3) is 0 Å². The SMILES string of the molecule is CCOC(=O)N/N=C(\C)c1ccc(Cl)c(Cl)c1Cl. The van der Waals surface area contributed by atoms with Gasteiger partial charge in [0.1, 0.15) is 0 Å². The van der Waals surface area contributed by atoms with E-state index < -0.39 is 6.09 Å². The number of carbonyl (C=O) groups excluding carboxylic acids is 1. The molecule has 1 rings (SSSR count). The number of amides is 1. The van der Waals surface area contributed by atoms with E-state index in [2.05, 4.69) is 15.3 Å². The molecule has 0 spiro atoms. The molecule has 0 aliphatic heterocycles. The van der Waals surface area contributed by atoms with Gasteiger partial charge in [-0.3, -0.25) is 0 Å². The monoisotopic (exact) mass is 308 g/mol. The maximum Gasteiger partial charge on any atom is 0.427 e. The van der Waals surface area contributed by atoms with Gasteiger partial charge in [0.15, 0.2) is 0 Å². The van der Waals surface area contributed by atoms with E-state index in [1.54, 1.807) is 26.0 Å². The first-order valence-corrected chi connectivity index (χ1v) is 6.21. The smallest absolute Gasteiger partial charge is 0.427 e. The van der Waals surface area contributed by atoms with Crippen molar-refractivity contribution in [3.8, 4) is 0 Å². The highest BCUT2D eigenvalue weighted by Gasteiger charge is 2.11. The number of nitrogens with zero attached hydrogens (tertiary/aromatic N) is 1. The van der Waals surface area contributed by atoms with E-state index in [9.17, 15) is 4.79 Å². The van der Waals surface area contributed by atoms with Gasteiger partial charge in [-0.15, -0.1) is 0 Å². The minimum Gasteiger partial charge on any atom is -0.449 e. The standard InChI is InChI=1S/C11H11Cl3N2O2/c1-3-18-11(17)16-15-6(2)7-4-5-8(12)10(14)9(7)13/h4-5H,3H2,1-2H3,(H,16,17)/b15-6+. The number of hydrogen-bond donors (Lipinski definition) is 1. The van der Waals surface area contributed by atoms with Gasteiger partial charge < -0.3 is 4.74 Å². The molecule has 7 heteroatoms. The van der Waals surface area contributed by atoms with Crippen LogP contribution in [0.3, 0.4) is 0 Å². The van der Waals surface area contributed by atoms with Crippen molar-refractivity contribution in [3.63, 3.8) is 0 Å². The van der Waals surface area contributed by atoms with Crippen LogP contribution in [-0.2, 0) is 4.74 Å². The van der Waals surface area contributed by atoms with Gasteiger partial charge in [0.05, 0.1) is 27.4 Å². The average molecular weight is 310 g/mol. The lowest BCUT2D eigenvalue weighted by Gasteiger charge is -2.07. The third-order valence-electron chi connectivity index (χ3n) is 2.02. The molecule has 18 heavy (non-hydrogen) atoms. The van der Waals surface area contributed by atoms with Crippen LogP contribution in [0.25, 0.3) is 0 Å². The van der Waals surface area contributed by atoms with Crippen LogP contribution in [0.2, 0.25) is 15.1 Å². The summed E-state index contributed by atoms with van der Waals surface area (Å²) in [4.78, 5) is 11.1. The van der Waals surface area contributed by atoms with Crippen LogP contribution >= 0.6 is 34.8 Å². The molecule has 0 heterocycles. The van der Waals surface area contributed by atoms with Gasteiger partial charge >= 0.3 is 6.09 Å². The summed E-state index contributed by atoms with van der Waals surface area (Å²) in [6, 6.07) is 3.27. The van der Waals surface area contributed by atoms with E-state index >= 15 is 0 Å². The molecule has 0 aromatic heterocycles. The van der Waals surface area contributed by atoms with E-state index in [0.717, 1.165) is 0 Å². The maximum absolute atomic E-state index is 11.1.